The van der Waals surface area contributed by atoms with E-state index in [-0.39, 0.29) is 17.4 Å². The number of ether oxygens (including phenoxy) is 1. The summed E-state index contributed by atoms with van der Waals surface area (Å²) in [6, 6.07) is 15.5. The number of halogens is 1. The van der Waals surface area contributed by atoms with Gasteiger partial charge in [0.15, 0.2) is 5.82 Å². The molecule has 0 spiro atoms. The summed E-state index contributed by atoms with van der Waals surface area (Å²) in [6.07, 6.45) is 1.46. The van der Waals surface area contributed by atoms with Crippen LogP contribution in [0.3, 0.4) is 0 Å². The Balaban J connectivity index is 1.66. The molecule has 31 heavy (non-hydrogen) atoms. The highest BCUT2D eigenvalue weighted by Crippen LogP contribution is 2.36. The molecule has 0 saturated carbocycles. The second kappa shape index (κ2) is 8.32. The Bertz CT molecular complexity index is 1240. The molecule has 0 radical (unpaired) electrons. The van der Waals surface area contributed by atoms with E-state index in [0.29, 0.717) is 17.1 Å². The smallest absolute Gasteiger partial charge is 0.248 e. The van der Waals surface area contributed by atoms with Gasteiger partial charge in [-0.2, -0.15) is 4.31 Å². The minimum Gasteiger partial charge on any atom is -0.495 e. The average Bonchev–Trinajstić information content (AvgIpc) is 2.76. The first kappa shape index (κ1) is 20.8. The molecule has 0 bridgehead atoms. The molecule has 0 unspecified atom stereocenters. The highest BCUT2D eigenvalue weighted by atomic mass is 32.2. The van der Waals surface area contributed by atoms with Crippen LogP contribution < -0.4 is 15.0 Å². The van der Waals surface area contributed by atoms with Gasteiger partial charge >= 0.3 is 0 Å². The van der Waals surface area contributed by atoms with Crippen molar-refractivity contribution in [2.45, 2.75) is 4.90 Å². The van der Waals surface area contributed by atoms with Crippen molar-refractivity contribution in [1.29, 1.82) is 0 Å². The normalized spacial score (nSPS) is 15.2. The predicted molar refractivity (Wildman–Crippen MR) is 113 cm³/mol. The first-order chi connectivity index (χ1) is 14.9. The minimum absolute atomic E-state index is 0.0596. The van der Waals surface area contributed by atoms with Gasteiger partial charge in [0.2, 0.25) is 15.9 Å². The van der Waals surface area contributed by atoms with Crippen LogP contribution in [0.4, 0.5) is 21.6 Å². The molecule has 2 heterocycles. The highest BCUT2D eigenvalue weighted by Gasteiger charge is 2.38. The van der Waals surface area contributed by atoms with E-state index in [4.69, 9.17) is 4.74 Å². The summed E-state index contributed by atoms with van der Waals surface area (Å²) in [6.45, 7) is -0.643. The number of rotatable bonds is 5. The van der Waals surface area contributed by atoms with Gasteiger partial charge in [0.25, 0.3) is 0 Å². The maximum atomic E-state index is 13.8. The standard InChI is InChI=1S/C21H19FN4O4S/c1-30-18-9-3-2-8-17(18)24-20(27)13-25-14-26(16-7-4-6-15(22)12-16)21-19(31(25,28)29)10-5-11-23-21/h2-12H,13-14H2,1H3,(H,24,27). The summed E-state index contributed by atoms with van der Waals surface area (Å²) in [5.41, 5.74) is 0.846. The summed E-state index contributed by atoms with van der Waals surface area (Å²) in [5.74, 6) is -0.383. The molecular weight excluding hydrogens is 423 g/mol. The first-order valence-electron chi connectivity index (χ1n) is 9.31. The largest absolute Gasteiger partial charge is 0.495 e. The second-order valence-electron chi connectivity index (χ2n) is 6.74. The van der Waals surface area contributed by atoms with Gasteiger partial charge in [-0.1, -0.05) is 18.2 Å². The number of anilines is 3. The molecular formula is C21H19FN4O4S. The van der Waals surface area contributed by atoms with Crippen molar-refractivity contribution in [2.75, 3.05) is 30.5 Å². The number of fused-ring (bicyclic) bond motifs is 1. The number of aromatic nitrogens is 1. The van der Waals surface area contributed by atoms with Crippen molar-refractivity contribution in [2.24, 2.45) is 0 Å². The molecule has 160 valence electrons. The number of hydrogen-bond acceptors (Lipinski definition) is 6. The number of amides is 1. The fourth-order valence-electron chi connectivity index (χ4n) is 3.31. The number of carbonyl (C=O) groups is 1. The van der Waals surface area contributed by atoms with E-state index in [1.807, 2.05) is 0 Å². The molecule has 0 saturated heterocycles. The maximum absolute atomic E-state index is 13.8. The second-order valence-corrected chi connectivity index (χ2v) is 8.64. The van der Waals surface area contributed by atoms with Gasteiger partial charge in [0, 0.05) is 11.9 Å². The van der Waals surface area contributed by atoms with E-state index in [2.05, 4.69) is 10.3 Å². The quantitative estimate of drug-likeness (QED) is 0.653. The molecule has 0 atom stereocenters. The lowest BCUT2D eigenvalue weighted by Crippen LogP contribution is -2.47. The molecule has 4 rings (SSSR count). The van der Waals surface area contributed by atoms with Crippen LogP contribution >= 0.6 is 0 Å². The Kier molecular flexibility index (Phi) is 5.57. The number of pyridine rings is 1. The summed E-state index contributed by atoms with van der Waals surface area (Å²) in [7, 11) is -2.52. The fourth-order valence-corrected chi connectivity index (χ4v) is 4.78. The Labute approximate surface area is 178 Å². The Hall–Kier alpha value is -3.50. The summed E-state index contributed by atoms with van der Waals surface area (Å²) < 4.78 is 46.3. The van der Waals surface area contributed by atoms with Crippen LogP contribution in [0.15, 0.2) is 71.8 Å². The number of para-hydroxylation sites is 2. The van der Waals surface area contributed by atoms with Gasteiger partial charge in [0.1, 0.15) is 16.5 Å². The van der Waals surface area contributed by atoms with Crippen molar-refractivity contribution >= 4 is 33.1 Å². The number of hydrogen-bond donors (Lipinski definition) is 1. The number of nitrogens with one attached hydrogen (secondary N) is 1. The summed E-state index contributed by atoms with van der Waals surface area (Å²) >= 11 is 0. The van der Waals surface area contributed by atoms with Crippen molar-refractivity contribution < 1.29 is 22.3 Å². The van der Waals surface area contributed by atoms with E-state index in [1.165, 1.54) is 43.6 Å². The molecule has 10 heteroatoms. The zero-order valence-electron chi connectivity index (χ0n) is 16.5. The topological polar surface area (TPSA) is 91.8 Å². The number of carbonyl (C=O) groups excluding carboxylic acids is 1. The number of sulfonamides is 1. The van der Waals surface area contributed by atoms with Crippen molar-refractivity contribution in [3.05, 3.63) is 72.7 Å². The maximum Gasteiger partial charge on any atom is 0.248 e. The predicted octanol–water partition coefficient (Wildman–Crippen LogP) is 2.97. The Morgan fingerprint density at radius 3 is 2.74 bits per heavy atom. The number of nitrogens with zero attached hydrogens (tertiary/aromatic N) is 3. The molecule has 1 amide bonds. The summed E-state index contributed by atoms with van der Waals surface area (Å²) in [4.78, 5) is 18.4. The van der Waals surface area contributed by atoms with Crippen LogP contribution in [-0.4, -0.2) is 43.9 Å². The molecule has 0 fully saturated rings. The van der Waals surface area contributed by atoms with Gasteiger partial charge in [-0.15, -0.1) is 0 Å². The monoisotopic (exact) mass is 442 g/mol. The van der Waals surface area contributed by atoms with Crippen LogP contribution in [0.25, 0.3) is 0 Å². The zero-order chi connectivity index (χ0) is 22.0. The Morgan fingerprint density at radius 2 is 1.97 bits per heavy atom. The first-order valence-corrected chi connectivity index (χ1v) is 10.8. The van der Waals surface area contributed by atoms with Crippen molar-refractivity contribution in [3.63, 3.8) is 0 Å². The lowest BCUT2D eigenvalue weighted by molar-refractivity contribution is -0.116. The fraction of sp³-hybridized carbons (Fsp3) is 0.143. The highest BCUT2D eigenvalue weighted by molar-refractivity contribution is 7.89. The van der Waals surface area contributed by atoms with Crippen molar-refractivity contribution in [1.82, 2.24) is 9.29 Å². The van der Waals surface area contributed by atoms with Gasteiger partial charge in [-0.25, -0.2) is 17.8 Å². The Morgan fingerprint density at radius 1 is 1.16 bits per heavy atom. The van der Waals surface area contributed by atoms with Crippen LogP contribution in [0.5, 0.6) is 5.75 Å². The van der Waals surface area contributed by atoms with Crippen LogP contribution in [-0.2, 0) is 14.8 Å². The van der Waals surface area contributed by atoms with Crippen LogP contribution in [0.2, 0.25) is 0 Å². The molecule has 8 nitrogen and oxygen atoms in total. The molecule has 1 N–H and O–H groups in total. The zero-order valence-corrected chi connectivity index (χ0v) is 17.3. The van der Waals surface area contributed by atoms with Gasteiger partial charge in [0.05, 0.1) is 26.0 Å². The van der Waals surface area contributed by atoms with E-state index >= 15 is 0 Å². The van der Waals surface area contributed by atoms with Crippen molar-refractivity contribution in [3.8, 4) is 5.75 Å². The molecule has 2 aromatic carbocycles. The number of benzene rings is 2. The summed E-state index contributed by atoms with van der Waals surface area (Å²) in [5, 5.41) is 2.67. The lowest BCUT2D eigenvalue weighted by atomic mass is 10.2. The number of methoxy groups -OCH3 is 1. The van der Waals surface area contributed by atoms with Crippen LogP contribution in [0, 0.1) is 5.82 Å². The minimum atomic E-state index is -3.99. The third-order valence-electron chi connectivity index (χ3n) is 4.74. The average molecular weight is 442 g/mol. The molecule has 1 aromatic heterocycles. The molecule has 0 aliphatic carbocycles. The van der Waals surface area contributed by atoms with E-state index in [1.54, 1.807) is 35.2 Å². The third-order valence-corrected chi connectivity index (χ3v) is 6.54. The van der Waals surface area contributed by atoms with Gasteiger partial charge < -0.3 is 15.0 Å². The molecule has 1 aliphatic rings. The van der Waals surface area contributed by atoms with Gasteiger partial charge in [-0.3, -0.25) is 4.79 Å². The molecule has 3 aromatic rings. The third kappa shape index (κ3) is 4.07. The SMILES string of the molecule is COc1ccccc1NC(=O)CN1CN(c2cccc(F)c2)c2ncccc2S1(=O)=O. The van der Waals surface area contributed by atoms with Gasteiger partial charge in [-0.05, 0) is 42.5 Å². The van der Waals surface area contributed by atoms with E-state index in [0.717, 1.165) is 4.31 Å². The van der Waals surface area contributed by atoms with E-state index < -0.39 is 28.3 Å². The lowest BCUT2D eigenvalue weighted by Gasteiger charge is -2.36. The molecule has 1 aliphatic heterocycles. The van der Waals surface area contributed by atoms with Crippen LogP contribution in [0.1, 0.15) is 0 Å². The van der Waals surface area contributed by atoms with E-state index in [9.17, 15) is 17.6 Å².